The van der Waals surface area contributed by atoms with Crippen LogP contribution in [0.3, 0.4) is 0 Å². The van der Waals surface area contributed by atoms with Gasteiger partial charge in [-0.1, -0.05) is 24.3 Å². The van der Waals surface area contributed by atoms with Gasteiger partial charge >= 0.3 is 0 Å². The zero-order chi connectivity index (χ0) is 17.4. The zero-order valence-electron chi connectivity index (χ0n) is 12.5. The molecule has 0 aliphatic rings. The van der Waals surface area contributed by atoms with Crippen LogP contribution in [0, 0.1) is 0 Å². The third-order valence-electron chi connectivity index (χ3n) is 3.37. The van der Waals surface area contributed by atoms with Crippen molar-refractivity contribution >= 4 is 34.0 Å². The van der Waals surface area contributed by atoms with Crippen molar-refractivity contribution in [3.8, 4) is 10.7 Å². The minimum absolute atomic E-state index is 0.354. The minimum atomic E-state index is -2.76. The van der Waals surface area contributed by atoms with Gasteiger partial charge in [-0.3, -0.25) is 0 Å². The highest BCUT2D eigenvalue weighted by Gasteiger charge is 2.19. The molecule has 1 aromatic carbocycles. The van der Waals surface area contributed by atoms with Gasteiger partial charge < -0.3 is 5.84 Å². The van der Waals surface area contributed by atoms with Crippen molar-refractivity contribution in [2.45, 2.75) is 16.6 Å². The third-order valence-corrected chi connectivity index (χ3v) is 5.21. The molecule has 0 unspecified atom stereocenters. The van der Waals surface area contributed by atoms with Crippen LogP contribution < -0.4 is 5.84 Å². The van der Waals surface area contributed by atoms with Crippen LogP contribution in [-0.4, -0.2) is 24.8 Å². The van der Waals surface area contributed by atoms with Crippen molar-refractivity contribution in [3.05, 3.63) is 47.6 Å². The molecule has 25 heavy (non-hydrogen) atoms. The fourth-order valence-corrected chi connectivity index (χ4v) is 3.81. The molecule has 126 valence electrons. The highest BCUT2D eigenvalue weighted by atomic mass is 32.2. The van der Waals surface area contributed by atoms with Crippen LogP contribution in [0.4, 0.5) is 8.78 Å². The van der Waals surface area contributed by atoms with Gasteiger partial charge in [-0.25, -0.2) is 23.4 Å². The molecular weight excluding hydrogens is 366 g/mol. The van der Waals surface area contributed by atoms with Gasteiger partial charge in [-0.15, -0.1) is 21.5 Å². The monoisotopic (exact) mass is 376 g/mol. The van der Waals surface area contributed by atoms with Crippen molar-refractivity contribution in [1.29, 1.82) is 0 Å². The Balaban J connectivity index is 1.78. The number of hydrogen-bond acceptors (Lipinski definition) is 7. The Hall–Kier alpha value is -2.59. The number of fused-ring (bicyclic) bond motifs is 1. The molecule has 0 amide bonds. The molecule has 0 spiro atoms. The predicted molar refractivity (Wildman–Crippen MR) is 92.1 cm³/mol. The van der Waals surface area contributed by atoms with Gasteiger partial charge in [0.15, 0.2) is 11.6 Å². The maximum absolute atomic E-state index is 13.1. The van der Waals surface area contributed by atoms with E-state index in [4.69, 9.17) is 5.84 Å². The van der Waals surface area contributed by atoms with Crippen LogP contribution in [0.1, 0.15) is 12.2 Å². The smallest absolute Gasteiger partial charge is 0.297 e. The summed E-state index contributed by atoms with van der Waals surface area (Å²) >= 11 is 2.56. The number of nitrogen functional groups attached to an aromatic ring is 1. The lowest BCUT2D eigenvalue weighted by molar-refractivity contribution is 0.140. The molecule has 0 bridgehead atoms. The van der Waals surface area contributed by atoms with Crippen LogP contribution in [0.5, 0.6) is 0 Å². The normalized spacial score (nSPS) is 11.5. The number of benzene rings is 1. The lowest BCUT2D eigenvalue weighted by Crippen LogP contribution is -2.11. The number of hydrogen-bond donors (Lipinski definition) is 1. The summed E-state index contributed by atoms with van der Waals surface area (Å²) in [6.07, 6.45) is -2.76. The Kier molecular flexibility index (Phi) is 4.06. The highest BCUT2D eigenvalue weighted by Crippen LogP contribution is 2.33. The Bertz CT molecular complexity index is 1030. The van der Waals surface area contributed by atoms with Gasteiger partial charge in [0.2, 0.25) is 5.16 Å². The summed E-state index contributed by atoms with van der Waals surface area (Å²) in [5.41, 5.74) is 0.442. The first-order valence-electron chi connectivity index (χ1n) is 7.10. The average Bonchev–Trinajstić information content (AvgIpc) is 3.25. The van der Waals surface area contributed by atoms with Crippen molar-refractivity contribution in [3.63, 3.8) is 0 Å². The Labute approximate surface area is 148 Å². The quantitative estimate of drug-likeness (QED) is 0.431. The van der Waals surface area contributed by atoms with E-state index in [1.165, 1.54) is 16.0 Å². The molecule has 4 aromatic rings. The fourth-order valence-electron chi connectivity index (χ4n) is 2.25. The Morgan fingerprint density at radius 2 is 1.92 bits per heavy atom. The van der Waals surface area contributed by atoms with Crippen LogP contribution in [-0.2, 0) is 0 Å². The van der Waals surface area contributed by atoms with E-state index in [-0.39, 0.29) is 0 Å². The number of thiophene rings is 1. The van der Waals surface area contributed by atoms with E-state index in [2.05, 4.69) is 20.2 Å². The number of para-hydroxylation sites is 1. The largest absolute Gasteiger partial charge is 0.335 e. The molecule has 0 fully saturated rings. The van der Waals surface area contributed by atoms with E-state index >= 15 is 0 Å². The maximum Gasteiger partial charge on any atom is 0.297 e. The average molecular weight is 376 g/mol. The molecule has 6 nitrogen and oxygen atoms in total. The molecule has 0 aliphatic heterocycles. The highest BCUT2D eigenvalue weighted by molar-refractivity contribution is 7.99. The third kappa shape index (κ3) is 2.94. The van der Waals surface area contributed by atoms with E-state index in [9.17, 15) is 8.78 Å². The number of halogens is 2. The number of rotatable bonds is 4. The zero-order valence-corrected chi connectivity index (χ0v) is 14.1. The lowest BCUT2D eigenvalue weighted by atomic mass is 10.2. The van der Waals surface area contributed by atoms with Crippen molar-refractivity contribution in [2.75, 3.05) is 5.84 Å². The predicted octanol–water partition coefficient (Wildman–Crippen LogP) is 3.75. The standard InChI is InChI=1S/C15H10F2N6S2/c16-11(17)12-19-9-5-2-1-4-8(9)14(20-12)25-15-22-21-13(23(15)18)10-6-3-7-24-10/h1-7,11H,18H2. The summed E-state index contributed by atoms with van der Waals surface area (Å²) in [5, 5.41) is 11.4. The summed E-state index contributed by atoms with van der Waals surface area (Å²) in [7, 11) is 0. The molecule has 0 radical (unpaired) electrons. The SMILES string of the molecule is Nn1c(Sc2nc(C(F)F)nc3ccccc23)nnc1-c1cccs1. The summed E-state index contributed by atoms with van der Waals surface area (Å²) in [6.45, 7) is 0. The van der Waals surface area contributed by atoms with E-state index in [0.29, 0.717) is 26.9 Å². The van der Waals surface area contributed by atoms with Gasteiger partial charge in [0.05, 0.1) is 10.4 Å². The van der Waals surface area contributed by atoms with E-state index in [1.54, 1.807) is 24.3 Å². The minimum Gasteiger partial charge on any atom is -0.335 e. The molecule has 0 saturated heterocycles. The van der Waals surface area contributed by atoms with Crippen molar-refractivity contribution in [1.82, 2.24) is 24.8 Å². The first kappa shape index (κ1) is 15.9. The van der Waals surface area contributed by atoms with Crippen molar-refractivity contribution < 1.29 is 8.78 Å². The summed E-state index contributed by atoms with van der Waals surface area (Å²) in [6, 6.07) is 10.7. The molecular formula is C15H10F2N6S2. The van der Waals surface area contributed by atoms with Crippen LogP contribution in [0.2, 0.25) is 0 Å². The maximum atomic E-state index is 13.1. The number of aromatic nitrogens is 5. The first-order valence-corrected chi connectivity index (χ1v) is 8.80. The number of alkyl halides is 2. The molecule has 2 N–H and O–H groups in total. The summed E-state index contributed by atoms with van der Waals surface area (Å²) in [5.74, 6) is 6.05. The second-order valence-corrected chi connectivity index (χ2v) is 6.86. The van der Waals surface area contributed by atoms with Gasteiger partial charge in [-0.2, -0.15) is 0 Å². The van der Waals surface area contributed by atoms with E-state index < -0.39 is 12.2 Å². The molecule has 10 heteroatoms. The second kappa shape index (κ2) is 6.37. The van der Waals surface area contributed by atoms with Crippen LogP contribution in [0.25, 0.3) is 21.6 Å². The molecule has 4 rings (SSSR count). The Morgan fingerprint density at radius 3 is 2.68 bits per heavy atom. The van der Waals surface area contributed by atoms with Crippen LogP contribution >= 0.6 is 23.1 Å². The molecule has 0 aliphatic carbocycles. The van der Waals surface area contributed by atoms with Gasteiger partial charge in [0.25, 0.3) is 6.43 Å². The van der Waals surface area contributed by atoms with Crippen LogP contribution in [0.15, 0.2) is 52.0 Å². The van der Waals surface area contributed by atoms with Crippen molar-refractivity contribution in [2.24, 2.45) is 0 Å². The lowest BCUT2D eigenvalue weighted by Gasteiger charge is -2.07. The molecule has 0 atom stereocenters. The van der Waals surface area contributed by atoms with Gasteiger partial charge in [0.1, 0.15) is 5.03 Å². The first-order chi connectivity index (χ1) is 12.1. The van der Waals surface area contributed by atoms with Gasteiger partial charge in [0, 0.05) is 5.39 Å². The molecule has 0 saturated carbocycles. The Morgan fingerprint density at radius 1 is 1.08 bits per heavy atom. The summed E-state index contributed by atoms with van der Waals surface area (Å²) in [4.78, 5) is 8.74. The van der Waals surface area contributed by atoms with E-state index in [0.717, 1.165) is 16.6 Å². The fraction of sp³-hybridized carbons (Fsp3) is 0.0667. The molecule has 3 aromatic heterocycles. The van der Waals surface area contributed by atoms with Gasteiger partial charge in [-0.05, 0) is 29.3 Å². The molecule has 3 heterocycles. The summed E-state index contributed by atoms with van der Waals surface area (Å²) < 4.78 is 27.5. The number of nitrogens with zero attached hydrogens (tertiary/aromatic N) is 5. The number of nitrogens with two attached hydrogens (primary N) is 1. The topological polar surface area (TPSA) is 82.5 Å². The second-order valence-electron chi connectivity index (χ2n) is 4.96. The van der Waals surface area contributed by atoms with E-state index in [1.807, 2.05) is 17.5 Å².